The molecule has 1 nitrogen and oxygen atoms in total. The standard InChI is InChI=1S/C16H25Cl2N/c1-5-10-19-15(8-9-16(2,3)4)12-6-7-13(17)14(18)11-12/h6-7,11,15,19H,5,8-10H2,1-4H3. The zero-order valence-electron chi connectivity index (χ0n) is 12.4. The smallest absolute Gasteiger partial charge is 0.0595 e. The van der Waals surface area contributed by atoms with Crippen LogP contribution in [-0.2, 0) is 0 Å². The first-order chi connectivity index (χ1) is 8.83. The van der Waals surface area contributed by atoms with Gasteiger partial charge in [-0.3, -0.25) is 0 Å². The Morgan fingerprint density at radius 1 is 1.16 bits per heavy atom. The molecule has 0 fully saturated rings. The lowest BCUT2D eigenvalue weighted by Crippen LogP contribution is -2.23. The molecule has 1 unspecified atom stereocenters. The lowest BCUT2D eigenvalue weighted by Gasteiger charge is -2.24. The van der Waals surface area contributed by atoms with Gasteiger partial charge in [0.1, 0.15) is 0 Å². The Morgan fingerprint density at radius 2 is 1.84 bits per heavy atom. The molecule has 0 saturated heterocycles. The van der Waals surface area contributed by atoms with Crippen LogP contribution in [0.1, 0.15) is 58.6 Å². The highest BCUT2D eigenvalue weighted by molar-refractivity contribution is 6.42. The molecule has 0 aliphatic rings. The fourth-order valence-corrected chi connectivity index (χ4v) is 2.32. The largest absolute Gasteiger partial charge is 0.310 e. The van der Waals surface area contributed by atoms with Crippen molar-refractivity contribution < 1.29 is 0 Å². The highest BCUT2D eigenvalue weighted by Gasteiger charge is 2.17. The second-order valence-electron chi connectivity index (χ2n) is 6.28. The third-order valence-corrected chi connectivity index (χ3v) is 3.91. The topological polar surface area (TPSA) is 12.0 Å². The van der Waals surface area contributed by atoms with Crippen molar-refractivity contribution in [2.45, 2.75) is 53.0 Å². The average Bonchev–Trinajstić information content (AvgIpc) is 2.32. The third-order valence-electron chi connectivity index (χ3n) is 3.17. The average molecular weight is 302 g/mol. The van der Waals surface area contributed by atoms with Gasteiger partial charge in [0.15, 0.2) is 0 Å². The molecule has 0 aliphatic heterocycles. The molecule has 19 heavy (non-hydrogen) atoms. The fourth-order valence-electron chi connectivity index (χ4n) is 2.01. The molecule has 0 aliphatic carbocycles. The van der Waals surface area contributed by atoms with Crippen LogP contribution in [0.5, 0.6) is 0 Å². The summed E-state index contributed by atoms with van der Waals surface area (Å²) in [5.41, 5.74) is 1.58. The van der Waals surface area contributed by atoms with Crippen LogP contribution in [0.4, 0.5) is 0 Å². The lowest BCUT2D eigenvalue weighted by atomic mass is 9.87. The van der Waals surface area contributed by atoms with Gasteiger partial charge in [-0.2, -0.15) is 0 Å². The van der Waals surface area contributed by atoms with Gasteiger partial charge < -0.3 is 5.32 Å². The molecule has 0 bridgehead atoms. The summed E-state index contributed by atoms with van der Waals surface area (Å²) in [5.74, 6) is 0. The molecular weight excluding hydrogens is 277 g/mol. The summed E-state index contributed by atoms with van der Waals surface area (Å²) in [4.78, 5) is 0. The zero-order valence-corrected chi connectivity index (χ0v) is 13.9. The molecule has 0 heterocycles. The normalized spacial score (nSPS) is 13.6. The SMILES string of the molecule is CCCNC(CCC(C)(C)C)c1ccc(Cl)c(Cl)c1. The van der Waals surface area contributed by atoms with Crippen molar-refractivity contribution >= 4 is 23.2 Å². The zero-order chi connectivity index (χ0) is 14.5. The summed E-state index contributed by atoms with van der Waals surface area (Å²) in [6.45, 7) is 10.0. The van der Waals surface area contributed by atoms with E-state index in [0.29, 0.717) is 21.5 Å². The Kier molecular flexibility index (Phi) is 6.65. The lowest BCUT2D eigenvalue weighted by molar-refractivity contribution is 0.332. The van der Waals surface area contributed by atoms with Crippen LogP contribution in [-0.4, -0.2) is 6.54 Å². The molecule has 0 saturated carbocycles. The van der Waals surface area contributed by atoms with E-state index in [2.05, 4.69) is 39.1 Å². The van der Waals surface area contributed by atoms with Crippen molar-refractivity contribution in [3.63, 3.8) is 0 Å². The third kappa shape index (κ3) is 6.16. The number of hydrogen-bond donors (Lipinski definition) is 1. The van der Waals surface area contributed by atoms with Gasteiger partial charge in [0.05, 0.1) is 10.0 Å². The summed E-state index contributed by atoms with van der Waals surface area (Å²) in [7, 11) is 0. The van der Waals surface area contributed by atoms with Crippen molar-refractivity contribution in [2.75, 3.05) is 6.54 Å². The van der Waals surface area contributed by atoms with E-state index >= 15 is 0 Å². The maximum Gasteiger partial charge on any atom is 0.0595 e. The first-order valence-electron chi connectivity index (χ1n) is 7.02. The van der Waals surface area contributed by atoms with E-state index < -0.39 is 0 Å². The Labute approximate surface area is 127 Å². The first kappa shape index (κ1) is 16.8. The molecule has 1 rings (SSSR count). The Morgan fingerprint density at radius 3 is 2.37 bits per heavy atom. The number of halogens is 2. The van der Waals surface area contributed by atoms with Gasteiger partial charge in [0.25, 0.3) is 0 Å². The Balaban J connectivity index is 2.79. The molecule has 1 aromatic carbocycles. The van der Waals surface area contributed by atoms with E-state index in [9.17, 15) is 0 Å². The Hall–Kier alpha value is -0.240. The molecule has 1 N–H and O–H groups in total. The molecule has 3 heteroatoms. The van der Waals surface area contributed by atoms with E-state index in [1.54, 1.807) is 0 Å². The molecule has 108 valence electrons. The molecule has 1 aromatic rings. The summed E-state index contributed by atoms with van der Waals surface area (Å²) in [6.07, 6.45) is 3.42. The minimum atomic E-state index is 0.350. The summed E-state index contributed by atoms with van der Waals surface area (Å²) < 4.78 is 0. The van der Waals surface area contributed by atoms with Gasteiger partial charge in [-0.25, -0.2) is 0 Å². The number of nitrogens with one attached hydrogen (secondary N) is 1. The highest BCUT2D eigenvalue weighted by Crippen LogP contribution is 2.30. The molecule has 0 aromatic heterocycles. The van der Waals surface area contributed by atoms with Crippen LogP contribution in [0, 0.1) is 5.41 Å². The maximum atomic E-state index is 6.12. The van der Waals surface area contributed by atoms with Crippen molar-refractivity contribution in [3.8, 4) is 0 Å². The summed E-state index contributed by atoms with van der Waals surface area (Å²) in [5, 5.41) is 4.86. The molecule has 0 spiro atoms. The minimum Gasteiger partial charge on any atom is -0.310 e. The van der Waals surface area contributed by atoms with Crippen LogP contribution < -0.4 is 5.32 Å². The van der Waals surface area contributed by atoms with Crippen molar-refractivity contribution in [1.82, 2.24) is 5.32 Å². The second-order valence-corrected chi connectivity index (χ2v) is 7.09. The summed E-state index contributed by atoms with van der Waals surface area (Å²) >= 11 is 12.1. The number of rotatable bonds is 6. The van der Waals surface area contributed by atoms with Crippen molar-refractivity contribution in [1.29, 1.82) is 0 Å². The highest BCUT2D eigenvalue weighted by atomic mass is 35.5. The van der Waals surface area contributed by atoms with Crippen molar-refractivity contribution in [2.24, 2.45) is 5.41 Å². The van der Waals surface area contributed by atoms with Gasteiger partial charge in [0.2, 0.25) is 0 Å². The van der Waals surface area contributed by atoms with Crippen LogP contribution in [0.15, 0.2) is 18.2 Å². The van der Waals surface area contributed by atoms with E-state index in [0.717, 1.165) is 19.4 Å². The van der Waals surface area contributed by atoms with Gasteiger partial charge in [-0.15, -0.1) is 0 Å². The molecule has 1 atom stereocenters. The molecular formula is C16H25Cl2N. The van der Waals surface area contributed by atoms with E-state index in [4.69, 9.17) is 23.2 Å². The van der Waals surface area contributed by atoms with Gasteiger partial charge >= 0.3 is 0 Å². The number of benzene rings is 1. The van der Waals surface area contributed by atoms with Crippen molar-refractivity contribution in [3.05, 3.63) is 33.8 Å². The fraction of sp³-hybridized carbons (Fsp3) is 0.625. The minimum absolute atomic E-state index is 0.350. The van der Waals surface area contributed by atoms with Gasteiger partial charge in [-0.1, -0.05) is 57.0 Å². The quantitative estimate of drug-likeness (QED) is 0.694. The van der Waals surface area contributed by atoms with E-state index in [1.165, 1.54) is 12.0 Å². The predicted octanol–water partition coefficient (Wildman–Crippen LogP) is 5.86. The summed E-state index contributed by atoms with van der Waals surface area (Å²) in [6, 6.07) is 6.30. The Bertz CT molecular complexity index is 396. The first-order valence-corrected chi connectivity index (χ1v) is 7.77. The molecule has 0 amide bonds. The second kappa shape index (κ2) is 7.52. The van der Waals surface area contributed by atoms with Crippen LogP contribution in [0.3, 0.4) is 0 Å². The monoisotopic (exact) mass is 301 g/mol. The van der Waals surface area contributed by atoms with Crippen LogP contribution >= 0.6 is 23.2 Å². The van der Waals surface area contributed by atoms with Crippen LogP contribution in [0.2, 0.25) is 10.0 Å². The van der Waals surface area contributed by atoms with E-state index in [1.807, 2.05) is 12.1 Å². The van der Waals surface area contributed by atoms with E-state index in [-0.39, 0.29) is 0 Å². The molecule has 0 radical (unpaired) electrons. The maximum absolute atomic E-state index is 6.12. The predicted molar refractivity (Wildman–Crippen MR) is 86.2 cm³/mol. The van der Waals surface area contributed by atoms with Gasteiger partial charge in [0, 0.05) is 6.04 Å². The number of hydrogen-bond acceptors (Lipinski definition) is 1. The van der Waals surface area contributed by atoms with Crippen LogP contribution in [0.25, 0.3) is 0 Å². The van der Waals surface area contributed by atoms with Gasteiger partial charge in [-0.05, 0) is 48.9 Å².